The molecular weight excluding hydrogens is 477 g/mol. The number of fused-ring (bicyclic) bond motifs is 3. The van der Waals surface area contributed by atoms with Gasteiger partial charge in [-0.1, -0.05) is 97.1 Å². The summed E-state index contributed by atoms with van der Waals surface area (Å²) in [5.41, 5.74) is 1.23. The summed E-state index contributed by atoms with van der Waals surface area (Å²) in [4.78, 5) is 27.9. The molecule has 1 aliphatic rings. The van der Waals surface area contributed by atoms with Gasteiger partial charge >= 0.3 is 5.97 Å². The van der Waals surface area contributed by atoms with Gasteiger partial charge in [0.05, 0.1) is 0 Å². The molecule has 0 saturated carbocycles. The van der Waals surface area contributed by atoms with E-state index in [1.54, 1.807) is 36.4 Å². The Bertz CT molecular complexity index is 1630. The molecule has 1 N–H and O–H groups in total. The van der Waals surface area contributed by atoms with Crippen molar-refractivity contribution in [1.82, 2.24) is 5.32 Å². The van der Waals surface area contributed by atoms with Crippen molar-refractivity contribution in [1.29, 1.82) is 0 Å². The molecule has 2 atom stereocenters. The molecule has 4 nitrogen and oxygen atoms in total. The van der Waals surface area contributed by atoms with Crippen LogP contribution < -0.4 is 10.1 Å². The van der Waals surface area contributed by atoms with Gasteiger partial charge in [-0.25, -0.2) is 9.18 Å². The monoisotopic (exact) mass is 501 g/mol. The third-order valence-corrected chi connectivity index (χ3v) is 7.17. The van der Waals surface area contributed by atoms with Gasteiger partial charge in [0.25, 0.3) is 5.91 Å². The Labute approximate surface area is 219 Å². The minimum absolute atomic E-state index is 0.180. The van der Waals surface area contributed by atoms with Crippen molar-refractivity contribution in [3.63, 3.8) is 0 Å². The highest BCUT2D eigenvalue weighted by atomic mass is 19.1. The highest BCUT2D eigenvalue weighted by molar-refractivity contribution is 6.02. The van der Waals surface area contributed by atoms with Crippen LogP contribution in [0.1, 0.15) is 33.0 Å². The van der Waals surface area contributed by atoms with E-state index in [0.717, 1.165) is 21.9 Å². The normalized spacial score (nSPS) is 18.4. The Morgan fingerprint density at radius 3 is 2.18 bits per heavy atom. The number of hydrogen-bond donors (Lipinski definition) is 1. The minimum Gasteiger partial charge on any atom is -0.424 e. The maximum Gasteiger partial charge on any atom is 0.338 e. The molecule has 0 fully saturated rings. The summed E-state index contributed by atoms with van der Waals surface area (Å²) in [6.07, 6.45) is 0.180. The zero-order valence-corrected chi connectivity index (χ0v) is 20.4. The third kappa shape index (κ3) is 4.12. The first-order chi connectivity index (χ1) is 18.5. The molecule has 1 aliphatic heterocycles. The summed E-state index contributed by atoms with van der Waals surface area (Å²) in [7, 11) is 0. The second kappa shape index (κ2) is 9.60. The lowest BCUT2D eigenvalue weighted by molar-refractivity contribution is -0.143. The fourth-order valence-corrected chi connectivity index (χ4v) is 5.41. The molecule has 0 aliphatic carbocycles. The first-order valence-corrected chi connectivity index (χ1v) is 12.5. The van der Waals surface area contributed by atoms with Crippen molar-refractivity contribution < 1.29 is 18.7 Å². The first-order valence-electron chi connectivity index (χ1n) is 12.5. The molecule has 0 bridgehead atoms. The second-order valence-electron chi connectivity index (χ2n) is 9.53. The summed E-state index contributed by atoms with van der Waals surface area (Å²) in [5.74, 6) is -1.52. The third-order valence-electron chi connectivity index (χ3n) is 7.17. The number of halogens is 1. The van der Waals surface area contributed by atoms with Crippen LogP contribution in [0.25, 0.3) is 10.8 Å². The molecule has 6 rings (SSSR count). The van der Waals surface area contributed by atoms with Crippen molar-refractivity contribution in [2.24, 2.45) is 0 Å². The van der Waals surface area contributed by atoms with Crippen LogP contribution >= 0.6 is 0 Å². The highest BCUT2D eigenvalue weighted by Gasteiger charge is 2.54. The van der Waals surface area contributed by atoms with E-state index in [-0.39, 0.29) is 12.2 Å². The summed E-state index contributed by atoms with van der Waals surface area (Å²) >= 11 is 0. The quantitative estimate of drug-likeness (QED) is 0.223. The van der Waals surface area contributed by atoms with Gasteiger partial charge in [-0.2, -0.15) is 0 Å². The van der Waals surface area contributed by atoms with Crippen LogP contribution in [0.3, 0.4) is 0 Å². The Kier molecular flexibility index (Phi) is 5.97. The average molecular weight is 502 g/mol. The van der Waals surface area contributed by atoms with Gasteiger partial charge in [-0.3, -0.25) is 4.79 Å². The number of esters is 1. The fourth-order valence-electron chi connectivity index (χ4n) is 5.41. The largest absolute Gasteiger partial charge is 0.424 e. The number of carbonyl (C=O) groups excluding carboxylic acids is 2. The van der Waals surface area contributed by atoms with Gasteiger partial charge in [0.15, 0.2) is 5.54 Å². The molecule has 0 radical (unpaired) electrons. The molecule has 0 aromatic heterocycles. The Hall–Kier alpha value is -4.77. The Morgan fingerprint density at radius 2 is 1.45 bits per heavy atom. The molecule has 186 valence electrons. The first kappa shape index (κ1) is 23.6. The van der Waals surface area contributed by atoms with E-state index in [9.17, 15) is 14.0 Å². The molecule has 0 saturated heterocycles. The van der Waals surface area contributed by atoms with Gasteiger partial charge in [-0.05, 0) is 40.8 Å². The summed E-state index contributed by atoms with van der Waals surface area (Å²) in [5, 5.41) is 4.82. The van der Waals surface area contributed by atoms with Crippen LogP contribution in [0.5, 0.6) is 5.75 Å². The van der Waals surface area contributed by atoms with Crippen molar-refractivity contribution in [3.8, 4) is 5.75 Å². The smallest absolute Gasteiger partial charge is 0.338 e. The molecule has 1 heterocycles. The summed E-state index contributed by atoms with van der Waals surface area (Å²) < 4.78 is 20.2. The lowest BCUT2D eigenvalue weighted by atomic mass is 9.69. The lowest BCUT2D eigenvalue weighted by Gasteiger charge is -2.44. The molecule has 1 amide bonds. The van der Waals surface area contributed by atoms with E-state index in [2.05, 4.69) is 5.32 Å². The predicted molar refractivity (Wildman–Crippen MR) is 145 cm³/mol. The zero-order valence-electron chi connectivity index (χ0n) is 20.4. The minimum atomic E-state index is -1.50. The molecular formula is C33H24FNO3. The molecule has 5 aromatic rings. The van der Waals surface area contributed by atoms with E-state index in [0.29, 0.717) is 16.9 Å². The zero-order chi connectivity index (χ0) is 26.1. The van der Waals surface area contributed by atoms with Crippen molar-refractivity contribution >= 4 is 22.6 Å². The number of amides is 1. The van der Waals surface area contributed by atoms with E-state index in [1.165, 1.54) is 12.1 Å². The molecule has 5 heteroatoms. The van der Waals surface area contributed by atoms with Crippen LogP contribution in [0.15, 0.2) is 121 Å². The molecule has 38 heavy (non-hydrogen) atoms. The van der Waals surface area contributed by atoms with Gasteiger partial charge in [0.2, 0.25) is 0 Å². The van der Waals surface area contributed by atoms with E-state index in [1.807, 2.05) is 72.8 Å². The van der Waals surface area contributed by atoms with E-state index >= 15 is 0 Å². The van der Waals surface area contributed by atoms with Crippen molar-refractivity contribution in [2.75, 3.05) is 0 Å². The van der Waals surface area contributed by atoms with Crippen LogP contribution in [-0.4, -0.2) is 17.4 Å². The van der Waals surface area contributed by atoms with Gasteiger partial charge in [-0.15, -0.1) is 0 Å². The number of ether oxygens (including phenoxy) is 1. The maximum absolute atomic E-state index is 14.2. The average Bonchev–Trinajstić information content (AvgIpc) is 2.95. The standard InChI is InChI=1S/C33H24FNO3/c34-26-18-15-24(16-19-26)29-28-20-17-23-11-7-8-14-27(23)30(28)38-32(37)33(29,21-22-9-3-1-4-10-22)35-31(36)25-12-5-2-6-13-25/h1-20,29H,21H2,(H,35,36)/t29-,33-/m0/s1. The van der Waals surface area contributed by atoms with E-state index < -0.39 is 23.3 Å². The summed E-state index contributed by atoms with van der Waals surface area (Å²) in [6.45, 7) is 0. The Morgan fingerprint density at radius 1 is 0.789 bits per heavy atom. The summed E-state index contributed by atoms with van der Waals surface area (Å²) in [6, 6.07) is 36.0. The number of benzene rings is 5. The fraction of sp³-hybridized carbons (Fsp3) is 0.0909. The highest BCUT2D eigenvalue weighted by Crippen LogP contribution is 2.48. The van der Waals surface area contributed by atoms with Crippen molar-refractivity contribution in [2.45, 2.75) is 17.9 Å². The van der Waals surface area contributed by atoms with Crippen LogP contribution in [-0.2, 0) is 11.2 Å². The van der Waals surface area contributed by atoms with Gasteiger partial charge < -0.3 is 10.1 Å². The Balaban J connectivity index is 1.60. The van der Waals surface area contributed by atoms with Crippen LogP contribution in [0, 0.1) is 5.82 Å². The number of carbonyl (C=O) groups is 2. The number of hydrogen-bond acceptors (Lipinski definition) is 3. The topological polar surface area (TPSA) is 55.4 Å². The SMILES string of the molecule is O=C(N[C@]1(Cc2ccccc2)C(=O)Oc2c(ccc3ccccc23)[C@@H]1c1ccc(F)cc1)c1ccccc1. The van der Waals surface area contributed by atoms with Crippen LogP contribution in [0.4, 0.5) is 4.39 Å². The maximum atomic E-state index is 14.2. The van der Waals surface area contributed by atoms with Gasteiger partial charge in [0.1, 0.15) is 11.6 Å². The molecule has 5 aromatic carbocycles. The second-order valence-corrected chi connectivity index (χ2v) is 9.53. The van der Waals surface area contributed by atoms with E-state index in [4.69, 9.17) is 4.74 Å². The van der Waals surface area contributed by atoms with Crippen LogP contribution in [0.2, 0.25) is 0 Å². The lowest BCUT2D eigenvalue weighted by Crippen LogP contribution is -2.63. The number of nitrogens with one attached hydrogen (secondary N) is 1. The molecule has 0 unspecified atom stereocenters. The predicted octanol–water partition coefficient (Wildman–Crippen LogP) is 6.44. The van der Waals surface area contributed by atoms with Gasteiger partial charge in [0, 0.05) is 28.9 Å². The number of rotatable bonds is 5. The molecule has 0 spiro atoms. The van der Waals surface area contributed by atoms with Crippen molar-refractivity contribution in [3.05, 3.63) is 149 Å².